The lowest BCUT2D eigenvalue weighted by Gasteiger charge is -2.24. The molecular formula is C15H20N2O4S. The van der Waals surface area contributed by atoms with E-state index in [0.29, 0.717) is 6.54 Å². The Bertz CT molecular complexity index is 701. The highest BCUT2D eigenvalue weighted by Gasteiger charge is 2.33. The Labute approximate surface area is 130 Å². The van der Waals surface area contributed by atoms with Gasteiger partial charge in [0.15, 0.2) is 0 Å². The summed E-state index contributed by atoms with van der Waals surface area (Å²) in [4.78, 5) is 13.7. The van der Waals surface area contributed by atoms with Crippen LogP contribution in [0.1, 0.15) is 36.5 Å². The second-order valence-electron chi connectivity index (χ2n) is 6.20. The minimum atomic E-state index is -3.58. The van der Waals surface area contributed by atoms with Gasteiger partial charge in [-0.15, -0.1) is 0 Å². The number of carbonyl (C=O) groups is 1. The first-order valence-electron chi connectivity index (χ1n) is 7.45. The van der Waals surface area contributed by atoms with Gasteiger partial charge in [-0.2, -0.15) is 0 Å². The predicted molar refractivity (Wildman–Crippen MR) is 82.8 cm³/mol. The normalized spacial score (nSPS) is 25.4. The molecule has 3 N–H and O–H groups in total. The minimum Gasteiger partial charge on any atom is -0.388 e. The van der Waals surface area contributed by atoms with Crippen molar-refractivity contribution in [2.45, 2.75) is 31.8 Å². The molecule has 1 aromatic carbocycles. The first-order chi connectivity index (χ1) is 10.3. The molecule has 120 valence electrons. The van der Waals surface area contributed by atoms with Gasteiger partial charge in [0.2, 0.25) is 15.9 Å². The molecule has 6 nitrogen and oxygen atoms in total. The summed E-state index contributed by atoms with van der Waals surface area (Å²) < 4.78 is 22.4. The lowest BCUT2D eigenvalue weighted by atomic mass is 9.89. The van der Waals surface area contributed by atoms with Crippen LogP contribution in [0.25, 0.3) is 0 Å². The van der Waals surface area contributed by atoms with Gasteiger partial charge in [0.1, 0.15) is 0 Å². The van der Waals surface area contributed by atoms with Crippen molar-refractivity contribution < 1.29 is 18.3 Å². The zero-order chi connectivity index (χ0) is 15.9. The van der Waals surface area contributed by atoms with Crippen molar-refractivity contribution in [3.63, 3.8) is 0 Å². The van der Waals surface area contributed by atoms with Crippen LogP contribution in [0.3, 0.4) is 0 Å². The molecule has 1 aliphatic carbocycles. The summed E-state index contributed by atoms with van der Waals surface area (Å²) in [7, 11) is -3.58. The Morgan fingerprint density at radius 3 is 2.86 bits per heavy atom. The smallest absolute Gasteiger partial charge is 0.227 e. The predicted octanol–water partition coefficient (Wildman–Crippen LogP) is 0.698. The highest BCUT2D eigenvalue weighted by molar-refractivity contribution is 7.89. The van der Waals surface area contributed by atoms with Crippen molar-refractivity contribution >= 4 is 21.6 Å². The Hall–Kier alpha value is -1.44. The van der Waals surface area contributed by atoms with Gasteiger partial charge < -0.3 is 10.0 Å². The SMILES string of the molecule is NS(=O)(=O)CC1CC(=O)N(c2ccc3c(c2)C(O)CCC3)C1. The van der Waals surface area contributed by atoms with Gasteiger partial charge in [0.25, 0.3) is 0 Å². The molecule has 2 atom stereocenters. The summed E-state index contributed by atoms with van der Waals surface area (Å²) in [5.41, 5.74) is 2.73. The number of aliphatic hydroxyl groups is 1. The molecule has 1 amide bonds. The molecule has 0 bridgehead atoms. The number of rotatable bonds is 3. The van der Waals surface area contributed by atoms with E-state index in [1.807, 2.05) is 18.2 Å². The zero-order valence-corrected chi connectivity index (χ0v) is 13.1. The van der Waals surface area contributed by atoms with Crippen molar-refractivity contribution in [2.24, 2.45) is 11.1 Å². The topological polar surface area (TPSA) is 101 Å². The van der Waals surface area contributed by atoms with E-state index in [9.17, 15) is 18.3 Å². The van der Waals surface area contributed by atoms with Gasteiger partial charge in [0, 0.05) is 24.6 Å². The number of anilines is 1. The molecule has 0 saturated carbocycles. The Kier molecular flexibility index (Phi) is 3.96. The number of nitrogens with two attached hydrogens (primary N) is 1. The van der Waals surface area contributed by atoms with Gasteiger partial charge >= 0.3 is 0 Å². The Balaban J connectivity index is 1.83. The maximum absolute atomic E-state index is 12.1. The highest BCUT2D eigenvalue weighted by atomic mass is 32.2. The van der Waals surface area contributed by atoms with E-state index in [2.05, 4.69) is 0 Å². The summed E-state index contributed by atoms with van der Waals surface area (Å²) in [6, 6.07) is 5.68. The van der Waals surface area contributed by atoms with E-state index < -0.39 is 16.1 Å². The van der Waals surface area contributed by atoms with Crippen LogP contribution in [0.5, 0.6) is 0 Å². The summed E-state index contributed by atoms with van der Waals surface area (Å²) in [6.45, 7) is 0.351. The molecule has 0 aromatic heterocycles. The van der Waals surface area contributed by atoms with Crippen LogP contribution < -0.4 is 10.0 Å². The lowest BCUT2D eigenvalue weighted by Crippen LogP contribution is -2.27. The van der Waals surface area contributed by atoms with Crippen molar-refractivity contribution in [3.8, 4) is 0 Å². The van der Waals surface area contributed by atoms with Crippen molar-refractivity contribution in [1.82, 2.24) is 0 Å². The average molecular weight is 324 g/mol. The number of amides is 1. The van der Waals surface area contributed by atoms with Gasteiger partial charge in [-0.05, 0) is 42.5 Å². The Morgan fingerprint density at radius 2 is 2.14 bits per heavy atom. The lowest BCUT2D eigenvalue weighted by molar-refractivity contribution is -0.117. The fourth-order valence-corrected chi connectivity index (χ4v) is 4.28. The van der Waals surface area contributed by atoms with Crippen LogP contribution in [0.15, 0.2) is 18.2 Å². The summed E-state index contributed by atoms with van der Waals surface area (Å²) in [6.07, 6.45) is 2.34. The number of benzene rings is 1. The first kappa shape index (κ1) is 15.5. The van der Waals surface area contributed by atoms with Crippen LogP contribution in [0.4, 0.5) is 5.69 Å². The fourth-order valence-electron chi connectivity index (χ4n) is 3.40. The molecule has 1 aliphatic heterocycles. The van der Waals surface area contributed by atoms with Gasteiger partial charge in [-0.25, -0.2) is 13.6 Å². The van der Waals surface area contributed by atoms with Crippen molar-refractivity contribution in [2.75, 3.05) is 17.2 Å². The number of nitrogens with zero attached hydrogens (tertiary/aromatic N) is 1. The molecule has 3 rings (SSSR count). The minimum absolute atomic E-state index is 0.0982. The third-order valence-corrected chi connectivity index (χ3v) is 5.33. The van der Waals surface area contributed by atoms with Gasteiger partial charge in [-0.1, -0.05) is 6.07 Å². The van der Waals surface area contributed by atoms with Crippen molar-refractivity contribution in [3.05, 3.63) is 29.3 Å². The van der Waals surface area contributed by atoms with Crippen LogP contribution >= 0.6 is 0 Å². The maximum atomic E-state index is 12.1. The van der Waals surface area contributed by atoms with Crippen LogP contribution in [0.2, 0.25) is 0 Å². The van der Waals surface area contributed by atoms with Crippen LogP contribution in [-0.4, -0.2) is 31.7 Å². The van der Waals surface area contributed by atoms with E-state index in [-0.39, 0.29) is 24.0 Å². The second kappa shape index (κ2) is 5.64. The number of aliphatic hydroxyl groups excluding tert-OH is 1. The van der Waals surface area contributed by atoms with E-state index in [4.69, 9.17) is 5.14 Å². The molecular weight excluding hydrogens is 304 g/mol. The third kappa shape index (κ3) is 3.16. The largest absolute Gasteiger partial charge is 0.388 e. The number of carbonyl (C=O) groups excluding carboxylic acids is 1. The third-order valence-electron chi connectivity index (χ3n) is 4.40. The summed E-state index contributed by atoms with van der Waals surface area (Å²) in [5, 5.41) is 15.2. The number of hydrogen-bond acceptors (Lipinski definition) is 4. The average Bonchev–Trinajstić information content (AvgIpc) is 2.77. The molecule has 2 aliphatic rings. The highest BCUT2D eigenvalue weighted by Crippen LogP contribution is 2.34. The Morgan fingerprint density at radius 1 is 1.36 bits per heavy atom. The fraction of sp³-hybridized carbons (Fsp3) is 0.533. The maximum Gasteiger partial charge on any atom is 0.227 e. The molecule has 7 heteroatoms. The van der Waals surface area contributed by atoms with E-state index >= 15 is 0 Å². The standard InChI is InChI=1S/C15H20N2O4S/c16-22(20,21)9-10-6-15(19)17(8-10)12-5-4-11-2-1-3-14(18)13(11)7-12/h4-5,7,10,14,18H,1-3,6,8-9H2,(H2,16,20,21). The molecule has 0 radical (unpaired) electrons. The molecule has 2 unspecified atom stereocenters. The summed E-state index contributed by atoms with van der Waals surface area (Å²) >= 11 is 0. The molecule has 1 saturated heterocycles. The summed E-state index contributed by atoms with van der Waals surface area (Å²) in [5.74, 6) is -0.551. The van der Waals surface area contributed by atoms with Crippen molar-refractivity contribution in [1.29, 1.82) is 0 Å². The van der Waals surface area contributed by atoms with Crippen LogP contribution in [-0.2, 0) is 21.2 Å². The van der Waals surface area contributed by atoms with E-state index in [0.717, 1.165) is 36.1 Å². The monoisotopic (exact) mass is 324 g/mol. The first-order valence-corrected chi connectivity index (χ1v) is 9.17. The molecule has 1 fully saturated rings. The van der Waals surface area contributed by atoms with E-state index in [1.54, 1.807) is 4.90 Å². The van der Waals surface area contributed by atoms with Gasteiger partial charge in [0.05, 0.1) is 11.9 Å². The molecule has 1 heterocycles. The van der Waals surface area contributed by atoms with E-state index in [1.165, 1.54) is 0 Å². The molecule has 1 aromatic rings. The number of fused-ring (bicyclic) bond motifs is 1. The molecule has 0 spiro atoms. The number of aryl methyl sites for hydroxylation is 1. The molecule has 22 heavy (non-hydrogen) atoms. The van der Waals surface area contributed by atoms with Crippen LogP contribution in [0, 0.1) is 5.92 Å². The number of hydrogen-bond donors (Lipinski definition) is 2. The zero-order valence-electron chi connectivity index (χ0n) is 12.2. The second-order valence-corrected chi connectivity index (χ2v) is 7.85. The number of primary sulfonamides is 1. The van der Waals surface area contributed by atoms with Gasteiger partial charge in [-0.3, -0.25) is 4.79 Å². The number of sulfonamides is 1. The quantitative estimate of drug-likeness (QED) is 0.854.